The zero-order valence-corrected chi connectivity index (χ0v) is 18.3. The Morgan fingerprint density at radius 1 is 1.23 bits per heavy atom. The molecular weight excluding hydrogens is 390 g/mol. The lowest BCUT2D eigenvalue weighted by Gasteiger charge is -2.44. The van der Waals surface area contributed by atoms with E-state index >= 15 is 0 Å². The average Bonchev–Trinajstić information content (AvgIpc) is 3.22. The van der Waals surface area contributed by atoms with Crippen LogP contribution in [0.5, 0.6) is 0 Å². The monoisotopic (exact) mass is 421 g/mol. The summed E-state index contributed by atoms with van der Waals surface area (Å²) in [5, 5.41) is 2.89. The summed E-state index contributed by atoms with van der Waals surface area (Å²) in [6.07, 6.45) is 7.26. The van der Waals surface area contributed by atoms with Crippen molar-refractivity contribution in [2.75, 3.05) is 18.4 Å². The van der Waals surface area contributed by atoms with E-state index in [2.05, 4.69) is 36.3 Å². The lowest BCUT2D eigenvalue weighted by Crippen LogP contribution is -2.52. The first kappa shape index (κ1) is 21.5. The van der Waals surface area contributed by atoms with Crippen LogP contribution in [0.4, 0.5) is 5.69 Å². The smallest absolute Gasteiger partial charge is 0.253 e. The molecule has 4 rings (SSSR count). The van der Waals surface area contributed by atoms with Gasteiger partial charge in [-0.15, -0.1) is 0 Å². The van der Waals surface area contributed by atoms with Gasteiger partial charge in [0, 0.05) is 30.8 Å². The van der Waals surface area contributed by atoms with Crippen molar-refractivity contribution < 1.29 is 14.3 Å². The molecule has 31 heavy (non-hydrogen) atoms. The zero-order valence-electron chi connectivity index (χ0n) is 18.3. The van der Waals surface area contributed by atoms with E-state index in [1.54, 1.807) is 18.5 Å². The number of carbonyl (C=O) groups excluding carboxylic acids is 2. The Morgan fingerprint density at radius 3 is 2.71 bits per heavy atom. The van der Waals surface area contributed by atoms with Gasteiger partial charge in [-0.2, -0.15) is 0 Å². The van der Waals surface area contributed by atoms with Crippen LogP contribution in [0.2, 0.25) is 0 Å². The van der Waals surface area contributed by atoms with Crippen LogP contribution in [0.25, 0.3) is 0 Å². The van der Waals surface area contributed by atoms with Crippen molar-refractivity contribution in [2.45, 2.75) is 57.7 Å². The number of piperidine rings is 1. The minimum Gasteiger partial charge on any atom is -0.362 e. The van der Waals surface area contributed by atoms with E-state index in [1.807, 2.05) is 23.1 Å². The third-order valence-electron chi connectivity index (χ3n) is 6.65. The van der Waals surface area contributed by atoms with Gasteiger partial charge in [-0.25, -0.2) is 0 Å². The zero-order chi connectivity index (χ0) is 21.8. The van der Waals surface area contributed by atoms with Crippen LogP contribution in [-0.4, -0.2) is 46.5 Å². The van der Waals surface area contributed by atoms with Gasteiger partial charge >= 0.3 is 0 Å². The lowest BCUT2D eigenvalue weighted by molar-refractivity contribution is -0.141. The number of amides is 2. The topological polar surface area (TPSA) is 71.5 Å². The molecule has 6 nitrogen and oxygen atoms in total. The molecule has 2 aliphatic rings. The summed E-state index contributed by atoms with van der Waals surface area (Å²) in [6, 6.07) is 11.6. The number of ether oxygens (including phenoxy) is 1. The predicted octanol–water partition coefficient (Wildman–Crippen LogP) is 4.07. The van der Waals surface area contributed by atoms with Gasteiger partial charge in [-0.3, -0.25) is 14.6 Å². The normalized spacial score (nSPS) is 25.5. The number of pyridine rings is 1. The summed E-state index contributed by atoms with van der Waals surface area (Å²) in [6.45, 7) is 5.58. The van der Waals surface area contributed by atoms with E-state index in [0.29, 0.717) is 25.2 Å². The Labute approximate surface area is 184 Å². The van der Waals surface area contributed by atoms with E-state index in [0.717, 1.165) is 31.2 Å². The summed E-state index contributed by atoms with van der Waals surface area (Å²) >= 11 is 0. The largest absolute Gasteiger partial charge is 0.362 e. The first-order chi connectivity index (χ1) is 15.0. The fraction of sp³-hybridized carbons (Fsp3) is 0.480. The Balaban J connectivity index is 1.35. The van der Waals surface area contributed by atoms with Crippen molar-refractivity contribution in [1.82, 2.24) is 9.88 Å². The predicted molar refractivity (Wildman–Crippen MR) is 120 cm³/mol. The highest BCUT2D eigenvalue weighted by Crippen LogP contribution is 2.42. The van der Waals surface area contributed by atoms with Crippen molar-refractivity contribution in [3.63, 3.8) is 0 Å². The maximum atomic E-state index is 13.0. The van der Waals surface area contributed by atoms with E-state index in [4.69, 9.17) is 4.74 Å². The van der Waals surface area contributed by atoms with Gasteiger partial charge in [0.2, 0.25) is 0 Å². The number of rotatable bonds is 5. The molecule has 0 aliphatic carbocycles. The van der Waals surface area contributed by atoms with Crippen molar-refractivity contribution in [3.8, 4) is 0 Å². The second kappa shape index (κ2) is 9.18. The summed E-state index contributed by atoms with van der Waals surface area (Å²) < 4.78 is 6.34. The number of aryl methyl sites for hydroxylation is 1. The fourth-order valence-electron chi connectivity index (χ4n) is 4.80. The lowest BCUT2D eigenvalue weighted by atomic mass is 9.80. The van der Waals surface area contributed by atoms with Gasteiger partial charge in [0.1, 0.15) is 6.10 Å². The molecule has 2 amide bonds. The van der Waals surface area contributed by atoms with Crippen molar-refractivity contribution in [2.24, 2.45) is 5.92 Å². The minimum atomic E-state index is -0.462. The molecule has 2 saturated heterocycles. The number of aromatic nitrogens is 1. The quantitative estimate of drug-likeness (QED) is 0.790. The molecule has 164 valence electrons. The maximum Gasteiger partial charge on any atom is 0.253 e. The first-order valence-electron chi connectivity index (χ1n) is 11.3. The van der Waals surface area contributed by atoms with Crippen LogP contribution in [0.3, 0.4) is 0 Å². The van der Waals surface area contributed by atoms with Crippen LogP contribution in [0, 0.1) is 5.92 Å². The van der Waals surface area contributed by atoms with Crippen molar-refractivity contribution >= 4 is 17.5 Å². The first-order valence-corrected chi connectivity index (χ1v) is 11.3. The number of carbonyl (C=O) groups is 2. The maximum absolute atomic E-state index is 13.0. The Kier molecular flexibility index (Phi) is 6.37. The summed E-state index contributed by atoms with van der Waals surface area (Å²) in [7, 11) is 0. The molecule has 2 aromatic rings. The number of hydrogen-bond donors (Lipinski definition) is 1. The minimum absolute atomic E-state index is 0.0774. The van der Waals surface area contributed by atoms with E-state index in [9.17, 15) is 9.59 Å². The standard InChI is InChI=1S/C25H31N3O3/c1-3-5-19-7-9-20(10-8-19)24(30)28-15-13-25(18(2)17-28)12-11-22(31-25)23(29)27-21-6-4-14-26-16-21/h4,6-10,14,16,18,22H,3,5,11-13,15,17H2,1-2H3,(H,27,29). The molecule has 3 atom stereocenters. The molecule has 1 N–H and O–H groups in total. The molecule has 0 radical (unpaired) electrons. The van der Waals surface area contributed by atoms with Gasteiger partial charge < -0.3 is 15.0 Å². The highest BCUT2D eigenvalue weighted by molar-refractivity contribution is 5.95. The van der Waals surface area contributed by atoms with Gasteiger partial charge in [-0.1, -0.05) is 32.4 Å². The van der Waals surface area contributed by atoms with Gasteiger partial charge in [-0.05, 0) is 55.5 Å². The summed E-state index contributed by atoms with van der Waals surface area (Å²) in [5.74, 6) is 0.122. The average molecular weight is 422 g/mol. The fourth-order valence-corrected chi connectivity index (χ4v) is 4.80. The van der Waals surface area contributed by atoms with E-state index < -0.39 is 6.10 Å². The highest BCUT2D eigenvalue weighted by atomic mass is 16.5. The van der Waals surface area contributed by atoms with Gasteiger partial charge in [0.15, 0.2) is 0 Å². The SMILES string of the molecule is CCCc1ccc(C(=O)N2CCC3(CCC(C(=O)Nc4cccnc4)O3)C(C)C2)cc1. The van der Waals surface area contributed by atoms with Crippen LogP contribution in [0.1, 0.15) is 55.5 Å². The summed E-state index contributed by atoms with van der Waals surface area (Å²) in [4.78, 5) is 31.6. The Morgan fingerprint density at radius 2 is 2.03 bits per heavy atom. The number of likely N-dealkylation sites (tertiary alicyclic amines) is 1. The molecule has 1 aromatic heterocycles. The number of hydrogen-bond acceptors (Lipinski definition) is 4. The van der Waals surface area contributed by atoms with E-state index in [1.165, 1.54) is 5.56 Å². The number of nitrogens with one attached hydrogen (secondary N) is 1. The molecule has 2 aliphatic heterocycles. The third-order valence-corrected chi connectivity index (χ3v) is 6.65. The van der Waals surface area contributed by atoms with Crippen LogP contribution >= 0.6 is 0 Å². The molecule has 0 bridgehead atoms. The molecule has 6 heteroatoms. The van der Waals surface area contributed by atoms with Crippen LogP contribution in [-0.2, 0) is 16.0 Å². The third kappa shape index (κ3) is 4.64. The molecular formula is C25H31N3O3. The molecule has 1 spiro atoms. The summed E-state index contributed by atoms with van der Waals surface area (Å²) in [5.41, 5.74) is 2.35. The van der Waals surface area contributed by atoms with E-state index in [-0.39, 0.29) is 23.3 Å². The second-order valence-electron chi connectivity index (χ2n) is 8.79. The molecule has 2 fully saturated rings. The van der Waals surface area contributed by atoms with Crippen molar-refractivity contribution in [3.05, 3.63) is 59.9 Å². The number of anilines is 1. The Bertz CT molecular complexity index is 915. The molecule has 3 unspecified atom stereocenters. The second-order valence-corrected chi connectivity index (χ2v) is 8.79. The van der Waals surface area contributed by atoms with Gasteiger partial charge in [0.25, 0.3) is 11.8 Å². The number of benzene rings is 1. The molecule has 1 aromatic carbocycles. The van der Waals surface area contributed by atoms with Crippen LogP contribution < -0.4 is 5.32 Å². The molecule has 0 saturated carbocycles. The van der Waals surface area contributed by atoms with Gasteiger partial charge in [0.05, 0.1) is 17.5 Å². The van der Waals surface area contributed by atoms with Crippen LogP contribution in [0.15, 0.2) is 48.8 Å². The van der Waals surface area contributed by atoms with Crippen molar-refractivity contribution in [1.29, 1.82) is 0 Å². The highest BCUT2D eigenvalue weighted by Gasteiger charge is 2.49. The Hall–Kier alpha value is -2.73. The number of nitrogens with zero attached hydrogens (tertiary/aromatic N) is 2. The molecule has 3 heterocycles.